The minimum absolute atomic E-state index is 0.166. The molecular weight excluding hydrogens is 128 g/mol. The third-order valence-electron chi connectivity index (χ3n) is 3.97. The number of rotatable bonds is 1. The van der Waals surface area contributed by atoms with Crippen molar-refractivity contribution in [1.82, 2.24) is 0 Å². The van der Waals surface area contributed by atoms with Gasteiger partial charge in [-0.3, -0.25) is 4.79 Å². The maximum Gasteiger partial charge on any atom is 0.310 e. The molecule has 2 heteroatoms. The van der Waals surface area contributed by atoms with Crippen LogP contribution in [0.3, 0.4) is 0 Å². The van der Waals surface area contributed by atoms with E-state index in [0.29, 0.717) is 5.92 Å². The summed E-state index contributed by atoms with van der Waals surface area (Å²) in [6.07, 6.45) is 2.24. The highest BCUT2D eigenvalue weighted by atomic mass is 16.4. The Kier molecular flexibility index (Phi) is 0.773. The normalized spacial score (nSPS) is 56.8. The second-order valence-corrected chi connectivity index (χ2v) is 4.02. The smallest absolute Gasteiger partial charge is 0.310 e. The van der Waals surface area contributed by atoms with Crippen LogP contribution in [0.5, 0.6) is 0 Å². The SMILES string of the molecule is C[C@@]12CC[C@@H]1[C@@]2(C)C(=O)O. The lowest BCUT2D eigenvalue weighted by Gasteiger charge is -2.18. The molecule has 0 spiro atoms. The van der Waals surface area contributed by atoms with E-state index < -0.39 is 5.97 Å². The largest absolute Gasteiger partial charge is 0.481 e. The van der Waals surface area contributed by atoms with Crippen LogP contribution in [0.2, 0.25) is 0 Å². The van der Waals surface area contributed by atoms with Crippen molar-refractivity contribution in [2.24, 2.45) is 16.7 Å². The first-order chi connectivity index (χ1) is 4.53. The summed E-state index contributed by atoms with van der Waals surface area (Å²) in [4.78, 5) is 10.7. The first-order valence-corrected chi connectivity index (χ1v) is 3.77. The van der Waals surface area contributed by atoms with Crippen molar-refractivity contribution in [2.75, 3.05) is 0 Å². The lowest BCUT2D eigenvalue weighted by atomic mass is 9.86. The topological polar surface area (TPSA) is 37.3 Å². The summed E-state index contributed by atoms with van der Waals surface area (Å²) in [6, 6.07) is 0. The lowest BCUT2D eigenvalue weighted by Crippen LogP contribution is -2.17. The molecule has 2 aliphatic carbocycles. The van der Waals surface area contributed by atoms with Crippen molar-refractivity contribution in [3.63, 3.8) is 0 Å². The molecule has 2 fully saturated rings. The van der Waals surface area contributed by atoms with Crippen molar-refractivity contribution in [3.05, 3.63) is 0 Å². The molecular formula is C8H12O2. The molecule has 0 aromatic carbocycles. The Morgan fingerprint density at radius 2 is 2.10 bits per heavy atom. The Labute approximate surface area is 60.2 Å². The molecule has 0 aromatic heterocycles. The lowest BCUT2D eigenvalue weighted by molar-refractivity contribution is -0.144. The van der Waals surface area contributed by atoms with Crippen molar-refractivity contribution in [1.29, 1.82) is 0 Å². The van der Waals surface area contributed by atoms with Crippen molar-refractivity contribution in [2.45, 2.75) is 26.7 Å². The molecule has 0 heterocycles. The number of fused-ring (bicyclic) bond motifs is 1. The Morgan fingerprint density at radius 3 is 2.20 bits per heavy atom. The minimum atomic E-state index is -0.600. The monoisotopic (exact) mass is 140 g/mol. The van der Waals surface area contributed by atoms with Crippen LogP contribution in [-0.4, -0.2) is 11.1 Å². The van der Waals surface area contributed by atoms with Gasteiger partial charge in [0.25, 0.3) is 0 Å². The van der Waals surface area contributed by atoms with Crippen LogP contribution < -0.4 is 0 Å². The van der Waals surface area contributed by atoms with Gasteiger partial charge in [-0.05, 0) is 31.1 Å². The maximum absolute atomic E-state index is 10.7. The van der Waals surface area contributed by atoms with E-state index in [2.05, 4.69) is 6.92 Å². The molecule has 0 saturated heterocycles. The summed E-state index contributed by atoms with van der Waals surface area (Å²) in [5.41, 5.74) is -0.203. The minimum Gasteiger partial charge on any atom is -0.481 e. The number of hydrogen-bond donors (Lipinski definition) is 1. The van der Waals surface area contributed by atoms with Crippen molar-refractivity contribution < 1.29 is 9.90 Å². The first kappa shape index (κ1) is 6.20. The molecule has 10 heavy (non-hydrogen) atoms. The highest BCUT2D eigenvalue weighted by Gasteiger charge is 2.79. The van der Waals surface area contributed by atoms with Crippen molar-refractivity contribution >= 4 is 5.97 Å². The Balaban J connectivity index is 2.29. The summed E-state index contributed by atoms with van der Waals surface area (Å²) < 4.78 is 0. The van der Waals surface area contributed by atoms with Crippen LogP contribution in [0.1, 0.15) is 26.7 Å². The van der Waals surface area contributed by atoms with E-state index in [1.165, 1.54) is 0 Å². The number of carbonyl (C=O) groups is 1. The van der Waals surface area contributed by atoms with Crippen LogP contribution in [-0.2, 0) is 4.79 Å². The van der Waals surface area contributed by atoms with Crippen LogP contribution in [0.4, 0.5) is 0 Å². The third kappa shape index (κ3) is 0.337. The van der Waals surface area contributed by atoms with Crippen molar-refractivity contribution in [3.8, 4) is 0 Å². The van der Waals surface area contributed by atoms with Gasteiger partial charge in [0.2, 0.25) is 0 Å². The van der Waals surface area contributed by atoms with Crippen LogP contribution in [0, 0.1) is 16.7 Å². The fourth-order valence-corrected chi connectivity index (χ4v) is 2.65. The summed E-state index contributed by atoms with van der Waals surface area (Å²) in [5, 5.41) is 8.86. The third-order valence-corrected chi connectivity index (χ3v) is 3.97. The predicted octanol–water partition coefficient (Wildman–Crippen LogP) is 1.51. The van der Waals surface area contributed by atoms with E-state index in [0.717, 1.165) is 12.8 Å². The summed E-state index contributed by atoms with van der Waals surface area (Å²) in [7, 11) is 0. The molecule has 2 rings (SSSR count). The van der Waals surface area contributed by atoms with E-state index in [4.69, 9.17) is 5.11 Å². The van der Waals surface area contributed by atoms with Crippen LogP contribution in [0.25, 0.3) is 0 Å². The number of hydrogen-bond acceptors (Lipinski definition) is 1. The number of carboxylic acid groups (broad SMARTS) is 1. The van der Waals surface area contributed by atoms with Gasteiger partial charge in [-0.25, -0.2) is 0 Å². The molecule has 0 aromatic rings. The zero-order valence-corrected chi connectivity index (χ0v) is 6.35. The van der Waals surface area contributed by atoms with Gasteiger partial charge < -0.3 is 5.11 Å². The molecule has 2 saturated carbocycles. The van der Waals surface area contributed by atoms with Gasteiger partial charge in [-0.1, -0.05) is 6.92 Å². The van der Waals surface area contributed by atoms with Gasteiger partial charge in [0.05, 0.1) is 5.41 Å². The number of carboxylic acids is 1. The molecule has 1 N–H and O–H groups in total. The average Bonchev–Trinajstić information content (AvgIpc) is 2.11. The average molecular weight is 140 g/mol. The highest BCUT2D eigenvalue weighted by molar-refractivity contribution is 5.81. The molecule has 0 unspecified atom stereocenters. The van der Waals surface area contributed by atoms with E-state index in [9.17, 15) is 4.79 Å². The zero-order chi connectivity index (χ0) is 7.57. The van der Waals surface area contributed by atoms with E-state index in [-0.39, 0.29) is 10.8 Å². The van der Waals surface area contributed by atoms with Crippen LogP contribution >= 0.6 is 0 Å². The molecule has 0 bridgehead atoms. The molecule has 3 atom stereocenters. The molecule has 2 nitrogen and oxygen atoms in total. The van der Waals surface area contributed by atoms with Crippen LogP contribution in [0.15, 0.2) is 0 Å². The van der Waals surface area contributed by atoms with E-state index in [1.807, 2.05) is 6.92 Å². The number of aliphatic carboxylic acids is 1. The Morgan fingerprint density at radius 1 is 1.60 bits per heavy atom. The molecule has 56 valence electrons. The maximum atomic E-state index is 10.7. The molecule has 2 aliphatic rings. The second-order valence-electron chi connectivity index (χ2n) is 4.02. The predicted molar refractivity (Wildman–Crippen MR) is 36.6 cm³/mol. The molecule has 0 aliphatic heterocycles. The van der Waals surface area contributed by atoms with Gasteiger partial charge >= 0.3 is 5.97 Å². The molecule has 0 radical (unpaired) electrons. The first-order valence-electron chi connectivity index (χ1n) is 3.77. The molecule has 0 amide bonds. The highest BCUT2D eigenvalue weighted by Crippen LogP contribution is 2.80. The fraction of sp³-hybridized carbons (Fsp3) is 0.875. The van der Waals surface area contributed by atoms with E-state index >= 15 is 0 Å². The van der Waals surface area contributed by atoms with Gasteiger partial charge in [0, 0.05) is 0 Å². The summed E-state index contributed by atoms with van der Waals surface area (Å²) in [6.45, 7) is 3.97. The fourth-order valence-electron chi connectivity index (χ4n) is 2.65. The quantitative estimate of drug-likeness (QED) is 0.599. The second kappa shape index (κ2) is 1.25. The van der Waals surface area contributed by atoms with Gasteiger partial charge in [0.1, 0.15) is 0 Å². The van der Waals surface area contributed by atoms with Gasteiger partial charge in [-0.15, -0.1) is 0 Å². The van der Waals surface area contributed by atoms with Gasteiger partial charge in [-0.2, -0.15) is 0 Å². The summed E-state index contributed by atoms with van der Waals surface area (Å²) >= 11 is 0. The van der Waals surface area contributed by atoms with E-state index in [1.54, 1.807) is 0 Å². The zero-order valence-electron chi connectivity index (χ0n) is 6.35. The van der Waals surface area contributed by atoms with Gasteiger partial charge in [0.15, 0.2) is 0 Å². The standard InChI is InChI=1S/C8H12O2/c1-7-4-3-5(7)8(7,2)6(9)10/h5H,3-4H2,1-2H3,(H,9,10)/t5-,7+,8-/m0/s1. The Hall–Kier alpha value is -0.530. The summed E-state index contributed by atoms with van der Waals surface area (Å²) in [5.74, 6) is -0.116. The Bertz CT molecular complexity index is 211.